The first-order chi connectivity index (χ1) is 18.5. The quantitative estimate of drug-likeness (QED) is 0.315. The van der Waals surface area contributed by atoms with Crippen LogP contribution in [0.15, 0.2) is 111 Å². The fraction of sp³-hybridized carbons (Fsp3) is 0.0333. The van der Waals surface area contributed by atoms with E-state index in [9.17, 15) is 14.7 Å². The van der Waals surface area contributed by atoms with Gasteiger partial charge in [0.05, 0.1) is 21.8 Å². The van der Waals surface area contributed by atoms with Gasteiger partial charge in [0.25, 0.3) is 5.56 Å². The average molecular weight is 539 g/mol. The van der Waals surface area contributed by atoms with Gasteiger partial charge in [-0.3, -0.25) is 9.36 Å². The lowest BCUT2D eigenvalue weighted by atomic mass is 10.0. The van der Waals surface area contributed by atoms with Crippen molar-refractivity contribution in [3.05, 3.63) is 144 Å². The Bertz CT molecular complexity index is 1880. The molecule has 0 amide bonds. The Morgan fingerprint density at radius 3 is 2.50 bits per heavy atom. The van der Waals surface area contributed by atoms with Crippen LogP contribution in [-0.2, 0) is 0 Å². The highest BCUT2D eigenvalue weighted by Gasteiger charge is 2.22. The lowest BCUT2D eigenvalue weighted by molar-refractivity contribution is 0.0697. The molecule has 0 spiro atoms. The average Bonchev–Trinajstić information content (AvgIpc) is 3.54. The van der Waals surface area contributed by atoms with Crippen LogP contribution in [0, 0.1) is 0 Å². The van der Waals surface area contributed by atoms with E-state index >= 15 is 0 Å². The Labute approximate surface area is 225 Å². The van der Waals surface area contributed by atoms with Gasteiger partial charge in [-0.15, -0.1) is 0 Å². The second-order valence-electron chi connectivity index (χ2n) is 8.68. The van der Waals surface area contributed by atoms with E-state index in [4.69, 9.17) is 21.0 Å². The SMILES string of the molecule is O=C(O)c1cccc(-c2ccc(/C=c3\sc4n(c3=O)C(c3ccc(Cl)cc3)C=C(c3ccccc3)N=4)o2)c1. The van der Waals surface area contributed by atoms with Crippen molar-refractivity contribution in [3.8, 4) is 11.3 Å². The molecule has 1 atom stereocenters. The van der Waals surface area contributed by atoms with Crippen LogP contribution >= 0.6 is 22.9 Å². The van der Waals surface area contributed by atoms with E-state index in [0.717, 1.165) is 16.8 Å². The van der Waals surface area contributed by atoms with Gasteiger partial charge >= 0.3 is 5.97 Å². The molecule has 3 heterocycles. The Kier molecular flexibility index (Phi) is 6.15. The van der Waals surface area contributed by atoms with Gasteiger partial charge < -0.3 is 9.52 Å². The molecule has 38 heavy (non-hydrogen) atoms. The Hall–Kier alpha value is -4.46. The number of thiazole rings is 1. The predicted molar refractivity (Wildman–Crippen MR) is 148 cm³/mol. The van der Waals surface area contributed by atoms with Gasteiger partial charge in [0.2, 0.25) is 0 Å². The van der Waals surface area contributed by atoms with Gasteiger partial charge in [0.15, 0.2) is 4.80 Å². The van der Waals surface area contributed by atoms with Crippen LogP contribution in [0.3, 0.4) is 0 Å². The van der Waals surface area contributed by atoms with E-state index in [1.54, 1.807) is 41.0 Å². The smallest absolute Gasteiger partial charge is 0.335 e. The maximum Gasteiger partial charge on any atom is 0.335 e. The number of fused-ring (bicyclic) bond motifs is 1. The molecule has 0 aliphatic carbocycles. The number of nitrogens with zero attached hydrogens (tertiary/aromatic N) is 2. The number of carbonyl (C=O) groups is 1. The van der Waals surface area contributed by atoms with Crippen LogP contribution < -0.4 is 14.9 Å². The highest BCUT2D eigenvalue weighted by molar-refractivity contribution is 7.07. The maximum atomic E-state index is 13.6. The summed E-state index contributed by atoms with van der Waals surface area (Å²) in [6, 6.07) is 27.0. The second-order valence-corrected chi connectivity index (χ2v) is 10.1. The molecule has 6 rings (SSSR count). The molecule has 2 aromatic heterocycles. The topological polar surface area (TPSA) is 84.8 Å². The minimum Gasteiger partial charge on any atom is -0.478 e. The van der Waals surface area contributed by atoms with E-state index in [1.165, 1.54) is 17.4 Å². The molecule has 1 aliphatic rings. The summed E-state index contributed by atoms with van der Waals surface area (Å²) in [5, 5.41) is 9.90. The van der Waals surface area contributed by atoms with Gasteiger partial charge in [-0.1, -0.05) is 77.5 Å². The number of aromatic nitrogens is 1. The first-order valence-corrected chi connectivity index (χ1v) is 12.9. The van der Waals surface area contributed by atoms with E-state index in [-0.39, 0.29) is 17.2 Å². The van der Waals surface area contributed by atoms with Crippen LogP contribution in [0.4, 0.5) is 0 Å². The molecule has 3 aromatic carbocycles. The lowest BCUT2D eigenvalue weighted by Crippen LogP contribution is -2.36. The molecule has 0 radical (unpaired) electrons. The summed E-state index contributed by atoms with van der Waals surface area (Å²) in [6.45, 7) is 0. The summed E-state index contributed by atoms with van der Waals surface area (Å²) >= 11 is 7.42. The fourth-order valence-corrected chi connectivity index (χ4v) is 5.49. The van der Waals surface area contributed by atoms with Gasteiger partial charge in [-0.25, -0.2) is 9.79 Å². The molecule has 0 saturated heterocycles. The Balaban J connectivity index is 1.46. The van der Waals surface area contributed by atoms with Crippen molar-refractivity contribution in [1.82, 2.24) is 4.57 Å². The zero-order valence-electron chi connectivity index (χ0n) is 19.7. The van der Waals surface area contributed by atoms with Gasteiger partial charge in [-0.05, 0) is 53.6 Å². The van der Waals surface area contributed by atoms with Gasteiger partial charge in [-0.2, -0.15) is 0 Å². The minimum atomic E-state index is -1.01. The standard InChI is InChI=1S/C30H19ClN2O4S/c31-22-11-9-19(10-12-22)25-17-24(18-5-2-1-3-6-18)32-30-33(25)28(34)27(38-30)16-23-13-14-26(37-23)20-7-4-8-21(15-20)29(35)36/h1-17,25H,(H,35,36)/b27-16-. The van der Waals surface area contributed by atoms with Crippen molar-refractivity contribution in [3.63, 3.8) is 0 Å². The fourth-order valence-electron chi connectivity index (χ4n) is 4.37. The summed E-state index contributed by atoms with van der Waals surface area (Å²) < 4.78 is 8.13. The third-order valence-electron chi connectivity index (χ3n) is 6.22. The molecule has 0 saturated carbocycles. The maximum absolute atomic E-state index is 13.6. The van der Waals surface area contributed by atoms with Gasteiger partial charge in [0, 0.05) is 16.7 Å². The molecule has 1 aliphatic heterocycles. The van der Waals surface area contributed by atoms with E-state index < -0.39 is 5.97 Å². The highest BCUT2D eigenvalue weighted by Crippen LogP contribution is 2.28. The number of carboxylic acid groups (broad SMARTS) is 1. The predicted octanol–water partition coefficient (Wildman–Crippen LogP) is 5.61. The van der Waals surface area contributed by atoms with Crippen molar-refractivity contribution < 1.29 is 14.3 Å². The number of rotatable bonds is 5. The summed E-state index contributed by atoms with van der Waals surface area (Å²) in [7, 11) is 0. The van der Waals surface area contributed by atoms with Crippen LogP contribution in [0.5, 0.6) is 0 Å². The summed E-state index contributed by atoms with van der Waals surface area (Å²) in [5.41, 5.74) is 3.30. The molecular formula is C30H19ClN2O4S. The monoisotopic (exact) mass is 538 g/mol. The number of carboxylic acids is 1. The molecule has 186 valence electrons. The molecule has 5 aromatic rings. The van der Waals surface area contributed by atoms with E-state index in [1.807, 2.05) is 60.7 Å². The Morgan fingerprint density at radius 2 is 1.74 bits per heavy atom. The normalized spacial score (nSPS) is 15.0. The van der Waals surface area contributed by atoms with Crippen molar-refractivity contribution in [2.75, 3.05) is 0 Å². The number of hydrogen-bond acceptors (Lipinski definition) is 5. The number of allylic oxidation sites excluding steroid dienone is 1. The van der Waals surface area contributed by atoms with Crippen molar-refractivity contribution in [2.24, 2.45) is 4.99 Å². The molecule has 0 fully saturated rings. The molecule has 6 nitrogen and oxygen atoms in total. The van der Waals surface area contributed by atoms with Crippen molar-refractivity contribution >= 4 is 40.7 Å². The van der Waals surface area contributed by atoms with E-state index in [2.05, 4.69) is 0 Å². The molecule has 0 bridgehead atoms. The zero-order valence-corrected chi connectivity index (χ0v) is 21.3. The number of halogens is 1. The van der Waals surface area contributed by atoms with Crippen LogP contribution in [0.2, 0.25) is 5.02 Å². The summed E-state index contributed by atoms with van der Waals surface area (Å²) in [5.74, 6) is -0.0151. The molecular weight excluding hydrogens is 520 g/mol. The first kappa shape index (κ1) is 23.9. The number of hydrogen-bond donors (Lipinski definition) is 1. The largest absolute Gasteiger partial charge is 0.478 e. The third kappa shape index (κ3) is 4.53. The zero-order chi connectivity index (χ0) is 26.2. The van der Waals surface area contributed by atoms with Gasteiger partial charge in [0.1, 0.15) is 11.5 Å². The van der Waals surface area contributed by atoms with E-state index in [0.29, 0.717) is 31.4 Å². The number of benzene rings is 3. The van der Waals surface area contributed by atoms with Crippen LogP contribution in [-0.4, -0.2) is 15.6 Å². The van der Waals surface area contributed by atoms with Crippen LogP contribution in [0.1, 0.15) is 33.3 Å². The Morgan fingerprint density at radius 1 is 0.974 bits per heavy atom. The van der Waals surface area contributed by atoms with Crippen molar-refractivity contribution in [2.45, 2.75) is 6.04 Å². The minimum absolute atomic E-state index is 0.171. The second kappa shape index (κ2) is 9.78. The molecule has 8 heteroatoms. The lowest BCUT2D eigenvalue weighted by Gasteiger charge is -2.19. The van der Waals surface area contributed by atoms with Crippen LogP contribution in [0.25, 0.3) is 23.1 Å². The summed E-state index contributed by atoms with van der Waals surface area (Å²) in [4.78, 5) is 30.4. The van der Waals surface area contributed by atoms with Crippen molar-refractivity contribution in [1.29, 1.82) is 0 Å². The molecule has 1 N–H and O–H groups in total. The molecule has 1 unspecified atom stereocenters. The first-order valence-electron chi connectivity index (χ1n) is 11.7. The highest BCUT2D eigenvalue weighted by atomic mass is 35.5. The summed E-state index contributed by atoms with van der Waals surface area (Å²) in [6.07, 6.45) is 3.68. The number of furan rings is 1. The number of aromatic carboxylic acids is 1. The third-order valence-corrected chi connectivity index (χ3v) is 7.46.